The van der Waals surface area contributed by atoms with Crippen molar-refractivity contribution in [1.82, 2.24) is 4.57 Å². The number of aryl methyl sites for hydroxylation is 2. The van der Waals surface area contributed by atoms with Crippen LogP contribution < -0.4 is 24.2 Å². The van der Waals surface area contributed by atoms with Crippen LogP contribution in [0.1, 0.15) is 25.8 Å². The molecule has 0 bridgehead atoms. The van der Waals surface area contributed by atoms with Crippen LogP contribution in [0, 0.1) is 6.92 Å². The predicted molar refractivity (Wildman–Crippen MR) is 164 cm³/mol. The zero-order chi connectivity index (χ0) is 28.6. The van der Waals surface area contributed by atoms with E-state index in [1.807, 2.05) is 79.6 Å². The molecular formula is C30H31N3O5S3. The standard InChI is InChI=1S/C22H20N3O2S2.C7H8O3S.CH4/c1-4-25-19(13-18-23(2)14-9-5-7-11-16(14)27-18)29-20(21(25)26)22-24(3)15-10-6-8-12-17(15)28-22;1-6-2-4-7(5-3-6)11(8,9)10;/h5-13H,4H2,1-3H3;2-5H,1H3,(H,8,9,10);1H4/q+1;;/p-1/b22-20-;;. The van der Waals surface area contributed by atoms with Gasteiger partial charge in [0.15, 0.2) is 0 Å². The second-order valence-corrected chi connectivity index (χ2v) is 12.6. The Kier molecular flexibility index (Phi) is 8.93. The topological polar surface area (TPSA) is 99.5 Å². The Bertz CT molecular complexity index is 2010. The van der Waals surface area contributed by atoms with E-state index in [2.05, 4.69) is 17.0 Å². The Morgan fingerprint density at radius 3 is 2.32 bits per heavy atom. The first kappa shape index (κ1) is 30.3. The first-order valence-corrected chi connectivity index (χ1v) is 15.5. The second-order valence-electron chi connectivity index (χ2n) is 9.13. The van der Waals surface area contributed by atoms with Crippen molar-refractivity contribution in [2.24, 2.45) is 7.05 Å². The zero-order valence-electron chi connectivity index (χ0n) is 22.3. The molecule has 0 saturated heterocycles. The summed E-state index contributed by atoms with van der Waals surface area (Å²) in [6.45, 7) is 4.43. The fraction of sp³-hybridized carbons (Fsp3) is 0.200. The van der Waals surface area contributed by atoms with E-state index < -0.39 is 10.1 Å². The van der Waals surface area contributed by atoms with Crippen molar-refractivity contribution in [1.29, 1.82) is 0 Å². The van der Waals surface area contributed by atoms with E-state index in [4.69, 9.17) is 4.42 Å². The predicted octanol–water partition coefficient (Wildman–Crippen LogP) is 4.17. The third kappa shape index (κ3) is 6.03. The second kappa shape index (κ2) is 12.1. The number of nitrogens with zero attached hydrogens (tertiary/aromatic N) is 3. The molecule has 0 N–H and O–H groups in total. The van der Waals surface area contributed by atoms with Crippen LogP contribution >= 0.6 is 23.1 Å². The van der Waals surface area contributed by atoms with E-state index in [1.54, 1.807) is 23.9 Å². The van der Waals surface area contributed by atoms with Gasteiger partial charge in [-0.25, -0.2) is 8.42 Å². The molecule has 1 aliphatic heterocycles. The lowest BCUT2D eigenvalue weighted by atomic mass is 10.2. The van der Waals surface area contributed by atoms with Gasteiger partial charge in [0.25, 0.3) is 11.1 Å². The number of thioether (sulfide) groups is 1. The highest BCUT2D eigenvalue weighted by Crippen LogP contribution is 2.44. The molecule has 41 heavy (non-hydrogen) atoms. The first-order chi connectivity index (χ1) is 19.1. The molecule has 11 heteroatoms. The quantitative estimate of drug-likeness (QED) is 0.224. The number of thiazole rings is 1. The summed E-state index contributed by atoms with van der Waals surface area (Å²) >= 11 is 3.17. The summed E-state index contributed by atoms with van der Waals surface area (Å²) in [6, 6.07) is 22.0. The molecule has 1 aliphatic rings. The minimum Gasteiger partial charge on any atom is -0.744 e. The lowest BCUT2D eigenvalue weighted by Crippen LogP contribution is -2.34. The van der Waals surface area contributed by atoms with Gasteiger partial charge in [0.1, 0.15) is 31.4 Å². The number of aromatic nitrogens is 2. The summed E-state index contributed by atoms with van der Waals surface area (Å²) < 4.78 is 42.7. The maximum absolute atomic E-state index is 13.2. The molecule has 5 aromatic rings. The van der Waals surface area contributed by atoms with Gasteiger partial charge < -0.3 is 13.9 Å². The molecule has 0 atom stereocenters. The van der Waals surface area contributed by atoms with Crippen molar-refractivity contribution in [2.45, 2.75) is 37.6 Å². The van der Waals surface area contributed by atoms with Gasteiger partial charge in [0.05, 0.1) is 16.7 Å². The average Bonchev–Trinajstić information content (AvgIpc) is 3.55. The van der Waals surface area contributed by atoms with Crippen molar-refractivity contribution >= 4 is 61.1 Å². The molecule has 214 valence electrons. The summed E-state index contributed by atoms with van der Waals surface area (Å²) in [5.41, 5.74) is 3.97. The highest BCUT2D eigenvalue weighted by Gasteiger charge is 2.24. The van der Waals surface area contributed by atoms with Crippen LogP contribution in [0.15, 0.2) is 91.8 Å². The van der Waals surface area contributed by atoms with Crippen LogP contribution in [0.4, 0.5) is 5.69 Å². The van der Waals surface area contributed by atoms with Crippen LogP contribution in [-0.2, 0) is 23.7 Å². The molecule has 0 radical (unpaired) electrons. The van der Waals surface area contributed by atoms with Crippen molar-refractivity contribution in [3.05, 3.63) is 104 Å². The maximum atomic E-state index is 13.2. The van der Waals surface area contributed by atoms with Crippen molar-refractivity contribution < 1.29 is 22.0 Å². The summed E-state index contributed by atoms with van der Waals surface area (Å²) in [5.74, 6) is 0.724. The van der Waals surface area contributed by atoms with Gasteiger partial charge in [0.2, 0.25) is 5.58 Å². The van der Waals surface area contributed by atoms with Gasteiger partial charge in [-0.05, 0) is 44.2 Å². The number of fused-ring (bicyclic) bond motifs is 2. The van der Waals surface area contributed by atoms with Crippen LogP contribution in [0.25, 0.3) is 22.2 Å². The van der Waals surface area contributed by atoms with Gasteiger partial charge in [0, 0.05) is 24.6 Å². The molecule has 0 aliphatic carbocycles. The highest BCUT2D eigenvalue weighted by molar-refractivity contribution is 8.08. The number of para-hydroxylation sites is 3. The first-order valence-electron chi connectivity index (χ1n) is 12.4. The average molecular weight is 610 g/mol. The summed E-state index contributed by atoms with van der Waals surface area (Å²) in [4.78, 5) is 16.3. The molecular weight excluding hydrogens is 579 g/mol. The lowest BCUT2D eigenvalue weighted by molar-refractivity contribution is -0.652. The molecule has 0 amide bonds. The van der Waals surface area contributed by atoms with E-state index in [0.29, 0.717) is 6.54 Å². The molecule has 3 aromatic carbocycles. The van der Waals surface area contributed by atoms with Gasteiger partial charge in [-0.1, -0.05) is 61.2 Å². The molecule has 3 heterocycles. The van der Waals surface area contributed by atoms with Gasteiger partial charge in [-0.3, -0.25) is 9.36 Å². The number of oxazole rings is 1. The fourth-order valence-electron chi connectivity index (χ4n) is 4.33. The van der Waals surface area contributed by atoms with Crippen molar-refractivity contribution in [3.8, 4) is 0 Å². The lowest BCUT2D eigenvalue weighted by Gasteiger charge is -2.11. The zero-order valence-corrected chi connectivity index (χ0v) is 24.8. The number of hydrogen-bond acceptors (Lipinski definition) is 8. The monoisotopic (exact) mass is 609 g/mol. The number of hydrogen-bond donors (Lipinski definition) is 0. The number of benzene rings is 3. The largest absolute Gasteiger partial charge is 0.744 e. The van der Waals surface area contributed by atoms with Crippen LogP contribution in [0.3, 0.4) is 0 Å². The molecule has 0 spiro atoms. The fourth-order valence-corrected chi connectivity index (χ4v) is 7.24. The SMILES string of the molecule is C.CCn1c(=Cc2oc3ccccc3[n+]2C)s/c(=C2\Sc3ccccc3N2C)c1=O.Cc1ccc(S(=O)(=O)[O-])cc1. The summed E-state index contributed by atoms with van der Waals surface area (Å²) in [7, 11) is -0.271. The highest BCUT2D eigenvalue weighted by atomic mass is 32.2. The number of rotatable bonds is 3. The molecule has 6 rings (SSSR count). The molecule has 0 saturated carbocycles. The third-order valence-electron chi connectivity index (χ3n) is 6.49. The van der Waals surface area contributed by atoms with Gasteiger partial charge in [-0.15, -0.1) is 11.3 Å². The Morgan fingerprint density at radius 2 is 1.68 bits per heavy atom. The molecule has 2 aromatic heterocycles. The van der Waals surface area contributed by atoms with Crippen molar-refractivity contribution in [3.63, 3.8) is 0 Å². The Morgan fingerprint density at radius 1 is 1.02 bits per heavy atom. The molecule has 8 nitrogen and oxygen atoms in total. The van der Waals surface area contributed by atoms with E-state index >= 15 is 0 Å². The smallest absolute Gasteiger partial charge is 0.376 e. The van der Waals surface area contributed by atoms with E-state index in [0.717, 1.165) is 42.5 Å². The van der Waals surface area contributed by atoms with Crippen LogP contribution in [0.2, 0.25) is 0 Å². The Hall–Kier alpha value is -3.64. The Labute approximate surface area is 247 Å². The van der Waals surface area contributed by atoms with E-state index in [1.165, 1.54) is 28.4 Å². The third-order valence-corrected chi connectivity index (χ3v) is 9.82. The minimum absolute atomic E-state index is 0. The van der Waals surface area contributed by atoms with Gasteiger partial charge >= 0.3 is 5.89 Å². The van der Waals surface area contributed by atoms with Crippen LogP contribution in [0.5, 0.6) is 0 Å². The summed E-state index contributed by atoms with van der Waals surface area (Å²) in [6.07, 6.45) is 1.96. The maximum Gasteiger partial charge on any atom is 0.376 e. The number of anilines is 1. The van der Waals surface area contributed by atoms with E-state index in [9.17, 15) is 17.8 Å². The van der Waals surface area contributed by atoms with E-state index in [-0.39, 0.29) is 17.9 Å². The van der Waals surface area contributed by atoms with Gasteiger partial charge in [-0.2, -0.15) is 4.57 Å². The minimum atomic E-state index is -4.27. The summed E-state index contributed by atoms with van der Waals surface area (Å²) in [5, 5.41) is 0.983. The van der Waals surface area contributed by atoms with Crippen molar-refractivity contribution in [2.75, 3.05) is 11.9 Å². The molecule has 0 fully saturated rings. The molecule has 0 unspecified atom stereocenters. The normalized spacial score (nSPS) is 14.5. The Balaban J connectivity index is 0.000000274. The van der Waals surface area contributed by atoms with Crippen LogP contribution in [-0.4, -0.2) is 24.6 Å².